The van der Waals surface area contributed by atoms with Gasteiger partial charge in [0.25, 0.3) is 5.91 Å². The quantitative estimate of drug-likeness (QED) is 0.252. The van der Waals surface area contributed by atoms with Crippen LogP contribution in [0.15, 0.2) is 52.2 Å². The number of benzene rings is 1. The zero-order valence-corrected chi connectivity index (χ0v) is 20.2. The number of carbonyl (C=O) groups is 1. The average molecular weight is 519 g/mol. The number of nitrogens with two attached hydrogens (primary N) is 1. The number of amides is 1. The first-order valence-electron chi connectivity index (χ1n) is 12.2. The summed E-state index contributed by atoms with van der Waals surface area (Å²) < 4.78 is 48.3. The first-order chi connectivity index (χ1) is 17.7. The Morgan fingerprint density at radius 1 is 1.19 bits per heavy atom. The number of aromatic nitrogens is 1. The lowest BCUT2D eigenvalue weighted by Gasteiger charge is -2.13. The third-order valence-corrected chi connectivity index (χ3v) is 6.16. The molecule has 1 aliphatic heterocycles. The SMILES string of the molecule is NC(=O)/C(=N/O)c1cc2cc(C(F)(F)F)ccc2o1.c1cc(OC2CC2)ncc1CCCN1CCCC1. The summed E-state index contributed by atoms with van der Waals surface area (Å²) >= 11 is 0. The summed E-state index contributed by atoms with van der Waals surface area (Å²) in [7, 11) is 0. The molecular formula is C26H29F3N4O4. The van der Waals surface area contributed by atoms with E-state index >= 15 is 0 Å². The zero-order chi connectivity index (χ0) is 26.4. The highest BCUT2D eigenvalue weighted by molar-refractivity contribution is 6.44. The summed E-state index contributed by atoms with van der Waals surface area (Å²) in [6.07, 6.45) is 5.46. The van der Waals surface area contributed by atoms with E-state index in [1.807, 2.05) is 12.3 Å². The maximum Gasteiger partial charge on any atom is 0.416 e. The highest BCUT2D eigenvalue weighted by Crippen LogP contribution is 2.32. The van der Waals surface area contributed by atoms with Crippen molar-refractivity contribution in [2.45, 2.75) is 50.8 Å². The van der Waals surface area contributed by atoms with Gasteiger partial charge in [-0.1, -0.05) is 11.2 Å². The summed E-state index contributed by atoms with van der Waals surface area (Å²) in [5, 5.41) is 11.4. The molecule has 11 heteroatoms. The molecule has 0 bridgehead atoms. The van der Waals surface area contributed by atoms with Crippen molar-refractivity contribution >= 4 is 22.6 Å². The number of furan rings is 1. The summed E-state index contributed by atoms with van der Waals surface area (Å²) in [4.78, 5) is 17.9. The summed E-state index contributed by atoms with van der Waals surface area (Å²) in [6.45, 7) is 3.83. The molecule has 0 spiro atoms. The Labute approximate surface area is 211 Å². The topological polar surface area (TPSA) is 114 Å². The van der Waals surface area contributed by atoms with Crippen LogP contribution in [0.5, 0.6) is 5.88 Å². The Kier molecular flexibility index (Phi) is 8.32. The van der Waals surface area contributed by atoms with Crippen molar-refractivity contribution in [3.63, 3.8) is 0 Å². The molecule has 1 saturated heterocycles. The molecule has 3 N–H and O–H groups in total. The normalized spacial score (nSPS) is 16.5. The van der Waals surface area contributed by atoms with Crippen LogP contribution in [-0.4, -0.2) is 52.4 Å². The van der Waals surface area contributed by atoms with Gasteiger partial charge in [0.15, 0.2) is 5.76 Å². The molecule has 1 saturated carbocycles. The molecule has 2 fully saturated rings. The van der Waals surface area contributed by atoms with E-state index in [0.29, 0.717) is 6.10 Å². The zero-order valence-electron chi connectivity index (χ0n) is 20.2. The summed E-state index contributed by atoms with van der Waals surface area (Å²) in [5.74, 6) is -0.470. The molecular weight excluding hydrogens is 489 g/mol. The minimum Gasteiger partial charge on any atom is -0.474 e. The number of hydrogen-bond donors (Lipinski definition) is 2. The van der Waals surface area contributed by atoms with Crippen molar-refractivity contribution in [2.75, 3.05) is 19.6 Å². The third kappa shape index (κ3) is 7.45. The number of nitrogens with zero attached hydrogens (tertiary/aromatic N) is 3. The van der Waals surface area contributed by atoms with E-state index in [-0.39, 0.29) is 16.7 Å². The van der Waals surface area contributed by atoms with Crippen molar-refractivity contribution in [1.82, 2.24) is 9.88 Å². The lowest BCUT2D eigenvalue weighted by molar-refractivity contribution is -0.137. The fraction of sp³-hybridized carbons (Fsp3) is 0.423. The van der Waals surface area contributed by atoms with Gasteiger partial charge in [0.1, 0.15) is 11.7 Å². The molecule has 1 aromatic carbocycles. The Hall–Kier alpha value is -3.60. The van der Waals surface area contributed by atoms with Crippen molar-refractivity contribution in [3.05, 3.63) is 59.5 Å². The van der Waals surface area contributed by atoms with Gasteiger partial charge < -0.3 is 25.0 Å². The van der Waals surface area contributed by atoms with Crippen molar-refractivity contribution in [1.29, 1.82) is 0 Å². The van der Waals surface area contributed by atoms with E-state index in [1.54, 1.807) is 0 Å². The van der Waals surface area contributed by atoms with E-state index in [0.717, 1.165) is 36.6 Å². The van der Waals surface area contributed by atoms with Gasteiger partial charge in [0, 0.05) is 17.6 Å². The molecule has 8 nitrogen and oxygen atoms in total. The number of rotatable bonds is 8. The number of likely N-dealkylation sites (tertiary alicyclic amines) is 1. The second-order valence-corrected chi connectivity index (χ2v) is 9.15. The summed E-state index contributed by atoms with van der Waals surface area (Å²) in [5.41, 5.74) is 4.96. The predicted molar refractivity (Wildman–Crippen MR) is 131 cm³/mol. The number of oxime groups is 1. The Morgan fingerprint density at radius 2 is 1.95 bits per heavy atom. The second-order valence-electron chi connectivity index (χ2n) is 9.15. The maximum atomic E-state index is 12.5. The van der Waals surface area contributed by atoms with Crippen LogP contribution < -0.4 is 10.5 Å². The molecule has 3 heterocycles. The predicted octanol–water partition coefficient (Wildman–Crippen LogP) is 4.77. The first kappa shape index (κ1) is 26.5. The van der Waals surface area contributed by atoms with Crippen molar-refractivity contribution in [3.8, 4) is 5.88 Å². The number of hydrogen-bond acceptors (Lipinski definition) is 7. The first-order valence-corrected chi connectivity index (χ1v) is 12.2. The van der Waals surface area contributed by atoms with Gasteiger partial charge >= 0.3 is 6.18 Å². The molecule has 2 aliphatic rings. The fourth-order valence-electron chi connectivity index (χ4n) is 4.05. The number of pyridine rings is 1. The van der Waals surface area contributed by atoms with Crippen molar-refractivity contribution < 1.29 is 32.3 Å². The summed E-state index contributed by atoms with van der Waals surface area (Å²) in [6, 6.07) is 8.13. The standard InChI is InChI=1S/C15H22N2O.C11H7F3N2O3/c1-2-10-17(9-1)11-3-4-13-5-8-15(16-12-13)18-14-6-7-14;12-11(13,14)6-1-2-7-5(3-6)4-8(19-7)9(16-18)10(15)17/h5,8,12,14H,1-4,6-7,9-11H2;1-4,18H,(H2,15,17)/b;16-9+. The highest BCUT2D eigenvalue weighted by Gasteiger charge is 2.31. The molecule has 0 unspecified atom stereocenters. The van der Waals surface area contributed by atoms with E-state index in [2.05, 4.69) is 21.1 Å². The van der Waals surface area contributed by atoms with Gasteiger partial charge in [-0.15, -0.1) is 0 Å². The van der Waals surface area contributed by atoms with Crippen LogP contribution in [-0.2, 0) is 17.4 Å². The van der Waals surface area contributed by atoms with Crippen LogP contribution in [0.25, 0.3) is 11.0 Å². The lowest BCUT2D eigenvalue weighted by Crippen LogP contribution is -2.23. The fourth-order valence-corrected chi connectivity index (χ4v) is 4.05. The molecule has 198 valence electrons. The maximum absolute atomic E-state index is 12.5. The molecule has 1 aliphatic carbocycles. The van der Waals surface area contributed by atoms with E-state index < -0.39 is 23.4 Å². The van der Waals surface area contributed by atoms with Crippen LogP contribution >= 0.6 is 0 Å². The molecule has 0 radical (unpaired) electrons. The van der Waals surface area contributed by atoms with Crippen LogP contribution in [0.1, 0.15) is 49.0 Å². The Bertz CT molecular complexity index is 1230. The molecule has 37 heavy (non-hydrogen) atoms. The second kappa shape index (κ2) is 11.6. The number of alkyl halides is 3. The number of halogens is 3. The van der Waals surface area contributed by atoms with Gasteiger partial charge in [-0.3, -0.25) is 4.79 Å². The van der Waals surface area contributed by atoms with Gasteiger partial charge in [-0.05, 0) is 88.0 Å². The molecule has 1 amide bonds. The van der Waals surface area contributed by atoms with Crippen LogP contribution in [0.3, 0.4) is 0 Å². The number of primary amides is 1. The molecule has 2 aromatic heterocycles. The van der Waals surface area contributed by atoms with Crippen LogP contribution in [0.2, 0.25) is 0 Å². The minimum absolute atomic E-state index is 0.116. The van der Waals surface area contributed by atoms with Crippen LogP contribution in [0.4, 0.5) is 13.2 Å². The monoisotopic (exact) mass is 518 g/mol. The largest absolute Gasteiger partial charge is 0.474 e. The lowest BCUT2D eigenvalue weighted by atomic mass is 10.1. The average Bonchev–Trinajstić information content (AvgIpc) is 3.34. The van der Waals surface area contributed by atoms with Crippen LogP contribution in [0, 0.1) is 0 Å². The Morgan fingerprint density at radius 3 is 2.54 bits per heavy atom. The third-order valence-electron chi connectivity index (χ3n) is 6.16. The van der Waals surface area contributed by atoms with Gasteiger partial charge in [0.2, 0.25) is 11.6 Å². The minimum atomic E-state index is -4.48. The van der Waals surface area contributed by atoms with Crippen molar-refractivity contribution in [2.24, 2.45) is 10.9 Å². The number of carbonyl (C=O) groups excluding carboxylic acids is 1. The molecule has 5 rings (SSSR count). The number of aryl methyl sites for hydroxylation is 1. The number of ether oxygens (including phenoxy) is 1. The smallest absolute Gasteiger partial charge is 0.416 e. The molecule has 0 atom stereocenters. The van der Waals surface area contributed by atoms with Gasteiger partial charge in [0.05, 0.1) is 5.56 Å². The van der Waals surface area contributed by atoms with Gasteiger partial charge in [-0.2, -0.15) is 13.2 Å². The molecule has 3 aromatic rings. The highest BCUT2D eigenvalue weighted by atomic mass is 19.4. The van der Waals surface area contributed by atoms with E-state index in [1.165, 1.54) is 57.3 Å². The van der Waals surface area contributed by atoms with E-state index in [9.17, 15) is 18.0 Å². The van der Waals surface area contributed by atoms with Gasteiger partial charge in [-0.25, -0.2) is 4.98 Å². The Balaban J connectivity index is 0.000000173. The van der Waals surface area contributed by atoms with E-state index in [4.69, 9.17) is 20.1 Å². The number of fused-ring (bicyclic) bond motifs is 1.